The van der Waals surface area contributed by atoms with Crippen molar-refractivity contribution >= 4 is 27.4 Å². The normalized spacial score (nSPS) is 22.0. The Bertz CT molecular complexity index is 946. The lowest BCUT2D eigenvalue weighted by Gasteiger charge is -2.45. The van der Waals surface area contributed by atoms with Crippen molar-refractivity contribution in [3.63, 3.8) is 0 Å². The van der Waals surface area contributed by atoms with Crippen LogP contribution in [0.4, 0.5) is 11.8 Å². The van der Waals surface area contributed by atoms with Crippen LogP contribution in [-0.2, 0) is 19.3 Å². The highest BCUT2D eigenvalue weighted by Crippen LogP contribution is 2.44. The van der Waals surface area contributed by atoms with Crippen molar-refractivity contribution in [1.82, 2.24) is 9.97 Å². The van der Waals surface area contributed by atoms with Crippen LogP contribution in [0.2, 0.25) is 0 Å². The first-order valence-electron chi connectivity index (χ1n) is 9.30. The SMILES string of the molecule is C[C@@H]1COCC2COc3c(nc(N(C)C(=N)C=CN)nc3C(C)(C)S(C)(=O)=O)N21. The van der Waals surface area contributed by atoms with Crippen LogP contribution < -0.4 is 20.3 Å². The van der Waals surface area contributed by atoms with Gasteiger partial charge in [-0.3, -0.25) is 10.3 Å². The fourth-order valence-electron chi connectivity index (χ4n) is 3.36. The molecule has 1 fully saturated rings. The molecule has 0 saturated carbocycles. The van der Waals surface area contributed by atoms with E-state index in [9.17, 15) is 8.42 Å². The number of aromatic nitrogens is 2. The monoisotopic (exact) mass is 424 g/mol. The van der Waals surface area contributed by atoms with E-state index in [4.69, 9.17) is 20.6 Å². The number of nitrogens with two attached hydrogens (primary N) is 1. The summed E-state index contributed by atoms with van der Waals surface area (Å²) in [6.45, 7) is 6.59. The summed E-state index contributed by atoms with van der Waals surface area (Å²) in [5.41, 5.74) is 5.68. The van der Waals surface area contributed by atoms with Crippen LogP contribution in [0.25, 0.3) is 0 Å². The zero-order valence-corrected chi connectivity index (χ0v) is 18.2. The van der Waals surface area contributed by atoms with Gasteiger partial charge in [-0.2, -0.15) is 4.98 Å². The van der Waals surface area contributed by atoms with E-state index in [0.717, 1.165) is 0 Å². The maximum Gasteiger partial charge on any atom is 0.233 e. The highest BCUT2D eigenvalue weighted by atomic mass is 32.2. The van der Waals surface area contributed by atoms with Gasteiger partial charge in [0.2, 0.25) is 5.95 Å². The number of anilines is 2. The lowest BCUT2D eigenvalue weighted by molar-refractivity contribution is 0.0482. The van der Waals surface area contributed by atoms with E-state index in [-0.39, 0.29) is 29.6 Å². The lowest BCUT2D eigenvalue weighted by Crippen LogP contribution is -2.56. The van der Waals surface area contributed by atoms with Crippen LogP contribution in [0.15, 0.2) is 12.3 Å². The summed E-state index contributed by atoms with van der Waals surface area (Å²) >= 11 is 0. The van der Waals surface area contributed by atoms with Crippen molar-refractivity contribution in [2.24, 2.45) is 5.73 Å². The number of nitrogens with zero attached hydrogens (tertiary/aromatic N) is 4. The van der Waals surface area contributed by atoms with E-state index in [1.54, 1.807) is 20.9 Å². The Morgan fingerprint density at radius 3 is 2.66 bits per heavy atom. The van der Waals surface area contributed by atoms with Crippen LogP contribution >= 0.6 is 0 Å². The molecule has 2 aliphatic rings. The molecule has 160 valence electrons. The number of rotatable bonds is 4. The summed E-state index contributed by atoms with van der Waals surface area (Å²) in [6.07, 6.45) is 3.83. The second-order valence-corrected chi connectivity index (χ2v) is 10.4. The molecule has 29 heavy (non-hydrogen) atoms. The number of hydrogen-bond acceptors (Lipinski definition) is 9. The number of ether oxygens (including phenoxy) is 2. The molecule has 0 aromatic carbocycles. The Kier molecular flexibility index (Phi) is 5.48. The molecule has 0 spiro atoms. The average molecular weight is 425 g/mol. The molecule has 0 aliphatic carbocycles. The number of amidine groups is 1. The van der Waals surface area contributed by atoms with Gasteiger partial charge in [-0.05, 0) is 33.0 Å². The summed E-state index contributed by atoms with van der Waals surface area (Å²) in [5, 5.41) is 8.14. The van der Waals surface area contributed by atoms with E-state index in [2.05, 4.69) is 14.9 Å². The zero-order valence-electron chi connectivity index (χ0n) is 17.3. The van der Waals surface area contributed by atoms with Gasteiger partial charge in [-0.15, -0.1) is 0 Å². The van der Waals surface area contributed by atoms with Crippen LogP contribution in [0.3, 0.4) is 0 Å². The molecule has 3 heterocycles. The van der Waals surface area contributed by atoms with E-state index in [0.29, 0.717) is 31.4 Å². The number of hydrogen-bond donors (Lipinski definition) is 2. The van der Waals surface area contributed by atoms with Crippen LogP contribution in [0.1, 0.15) is 26.5 Å². The molecule has 3 rings (SSSR count). The first kappa shape index (κ1) is 21.3. The van der Waals surface area contributed by atoms with Gasteiger partial charge >= 0.3 is 0 Å². The van der Waals surface area contributed by atoms with Gasteiger partial charge in [0.05, 0.1) is 25.3 Å². The van der Waals surface area contributed by atoms with Crippen molar-refractivity contribution < 1.29 is 17.9 Å². The summed E-state index contributed by atoms with van der Waals surface area (Å²) < 4.78 is 35.4. The first-order valence-corrected chi connectivity index (χ1v) is 11.2. The summed E-state index contributed by atoms with van der Waals surface area (Å²) in [5.74, 6) is 1.15. The number of morpholine rings is 1. The predicted molar refractivity (Wildman–Crippen MR) is 111 cm³/mol. The molecule has 0 radical (unpaired) electrons. The van der Waals surface area contributed by atoms with E-state index < -0.39 is 14.6 Å². The molecule has 0 bridgehead atoms. The molecule has 2 atom stereocenters. The number of fused-ring (bicyclic) bond motifs is 3. The van der Waals surface area contributed by atoms with Crippen molar-refractivity contribution in [3.8, 4) is 5.75 Å². The van der Waals surface area contributed by atoms with Gasteiger partial charge in [0.1, 0.15) is 22.9 Å². The highest BCUT2D eigenvalue weighted by molar-refractivity contribution is 7.91. The van der Waals surface area contributed by atoms with Gasteiger partial charge < -0.3 is 20.1 Å². The fourth-order valence-corrected chi connectivity index (χ4v) is 3.85. The maximum absolute atomic E-state index is 12.6. The molecule has 0 amide bonds. The van der Waals surface area contributed by atoms with Gasteiger partial charge in [0.25, 0.3) is 0 Å². The molecule has 2 aliphatic heterocycles. The Hall–Kier alpha value is -2.40. The smallest absolute Gasteiger partial charge is 0.233 e. The molecule has 1 aromatic heterocycles. The Labute approximate surface area is 171 Å². The number of sulfone groups is 1. The largest absolute Gasteiger partial charge is 0.486 e. The second kappa shape index (κ2) is 7.45. The van der Waals surface area contributed by atoms with Crippen molar-refractivity contribution in [2.75, 3.05) is 42.9 Å². The molecule has 11 heteroatoms. The molecule has 1 unspecified atom stereocenters. The standard InChI is InChI=1S/C18H28N6O4S/c1-11-8-27-9-12-10-28-14-15(18(2,3)29(5,25)26)21-17(22-16(14)24(11)12)23(4)13(20)6-7-19/h6-7,11-12,20H,8-10,19H2,1-5H3/t11-,12?/m1/s1. The van der Waals surface area contributed by atoms with Crippen molar-refractivity contribution in [3.05, 3.63) is 18.0 Å². The Balaban J connectivity index is 2.25. The van der Waals surface area contributed by atoms with E-state index in [1.165, 1.54) is 23.4 Å². The predicted octanol–water partition coefficient (Wildman–Crippen LogP) is 0.628. The molecule has 3 N–H and O–H groups in total. The third-order valence-electron chi connectivity index (χ3n) is 5.45. The molecule has 1 saturated heterocycles. The third-order valence-corrected chi connectivity index (χ3v) is 7.50. The quantitative estimate of drug-likeness (QED) is 0.527. The van der Waals surface area contributed by atoms with Crippen LogP contribution in [-0.4, -0.2) is 69.4 Å². The Morgan fingerprint density at radius 1 is 1.34 bits per heavy atom. The minimum atomic E-state index is -3.52. The topological polar surface area (TPSA) is 135 Å². The van der Waals surface area contributed by atoms with Crippen LogP contribution in [0, 0.1) is 5.41 Å². The third kappa shape index (κ3) is 3.64. The molecule has 1 aromatic rings. The zero-order chi connectivity index (χ0) is 21.6. The second-order valence-electron chi connectivity index (χ2n) is 7.87. The summed E-state index contributed by atoms with van der Waals surface area (Å²) in [7, 11) is -1.89. The number of likely N-dealkylation sites (N-methyl/N-ethyl adjacent to an activating group) is 1. The minimum absolute atomic E-state index is 0.0297. The molecular weight excluding hydrogens is 396 g/mol. The average Bonchev–Trinajstić information content (AvgIpc) is 2.65. The van der Waals surface area contributed by atoms with Crippen molar-refractivity contribution in [1.29, 1.82) is 5.41 Å². The van der Waals surface area contributed by atoms with E-state index in [1.807, 2.05) is 6.92 Å². The highest BCUT2D eigenvalue weighted by Gasteiger charge is 2.44. The minimum Gasteiger partial charge on any atom is -0.486 e. The Morgan fingerprint density at radius 2 is 2.03 bits per heavy atom. The summed E-state index contributed by atoms with van der Waals surface area (Å²) in [4.78, 5) is 12.7. The van der Waals surface area contributed by atoms with Gasteiger partial charge in [-0.1, -0.05) is 0 Å². The van der Waals surface area contributed by atoms with Crippen molar-refractivity contribution in [2.45, 2.75) is 37.6 Å². The first-order chi connectivity index (χ1) is 13.5. The van der Waals surface area contributed by atoms with E-state index >= 15 is 0 Å². The number of nitrogens with one attached hydrogen (secondary N) is 1. The summed E-state index contributed by atoms with van der Waals surface area (Å²) in [6, 6.07) is -0.000988. The van der Waals surface area contributed by atoms with Gasteiger partial charge in [0.15, 0.2) is 21.4 Å². The van der Waals surface area contributed by atoms with Gasteiger partial charge in [-0.25, -0.2) is 13.4 Å². The maximum atomic E-state index is 12.6. The molecule has 10 nitrogen and oxygen atoms in total. The molecular formula is C18H28N6O4S. The van der Waals surface area contributed by atoms with Crippen LogP contribution in [0.5, 0.6) is 5.75 Å². The van der Waals surface area contributed by atoms with Gasteiger partial charge in [0, 0.05) is 13.3 Å². The fraction of sp³-hybridized carbons (Fsp3) is 0.611. The lowest BCUT2D eigenvalue weighted by atomic mass is 10.0.